The van der Waals surface area contributed by atoms with Crippen LogP contribution in [0.15, 0.2) is 42.5 Å². The number of rotatable bonds is 4. The van der Waals surface area contributed by atoms with E-state index in [0.29, 0.717) is 41.5 Å². The van der Waals surface area contributed by atoms with Crippen molar-refractivity contribution >= 4 is 23.5 Å². The van der Waals surface area contributed by atoms with Gasteiger partial charge in [-0.15, -0.1) is 0 Å². The largest absolute Gasteiger partial charge is 0.486 e. The van der Waals surface area contributed by atoms with Gasteiger partial charge in [0.05, 0.1) is 11.6 Å². The molecule has 0 saturated carbocycles. The molecule has 0 bridgehead atoms. The van der Waals surface area contributed by atoms with Crippen molar-refractivity contribution in [1.29, 1.82) is 5.26 Å². The number of hydrogen-bond acceptors (Lipinski definition) is 6. The van der Waals surface area contributed by atoms with Gasteiger partial charge in [-0.2, -0.15) is 5.26 Å². The number of nitrogens with zero attached hydrogens (tertiary/aromatic N) is 2. The van der Waals surface area contributed by atoms with E-state index in [-0.39, 0.29) is 0 Å². The molecular formula is C21H18N4O5. The average molecular weight is 406 g/mol. The molecule has 2 aliphatic rings. The third kappa shape index (κ3) is 3.39. The Hall–Kier alpha value is -4.06. The quantitative estimate of drug-likeness (QED) is 0.746. The first-order chi connectivity index (χ1) is 14.4. The number of urea groups is 1. The molecule has 9 nitrogen and oxygen atoms in total. The zero-order chi connectivity index (χ0) is 21.3. The summed E-state index contributed by atoms with van der Waals surface area (Å²) in [4.78, 5) is 38.7. The number of fused-ring (bicyclic) bond motifs is 1. The van der Waals surface area contributed by atoms with Crippen LogP contribution in [0.3, 0.4) is 0 Å². The average Bonchev–Trinajstić information content (AvgIpc) is 2.97. The molecule has 30 heavy (non-hydrogen) atoms. The Morgan fingerprint density at radius 3 is 2.57 bits per heavy atom. The van der Waals surface area contributed by atoms with Gasteiger partial charge < -0.3 is 20.1 Å². The Balaban J connectivity index is 1.46. The molecule has 0 radical (unpaired) electrons. The summed E-state index contributed by atoms with van der Waals surface area (Å²) >= 11 is 0. The molecule has 2 aromatic rings. The van der Waals surface area contributed by atoms with Crippen LogP contribution < -0.4 is 20.1 Å². The predicted molar refractivity (Wildman–Crippen MR) is 105 cm³/mol. The number of ether oxygens (including phenoxy) is 2. The number of hydrogen-bond donors (Lipinski definition) is 2. The van der Waals surface area contributed by atoms with Gasteiger partial charge in [0.2, 0.25) is 5.91 Å². The Bertz CT molecular complexity index is 1080. The fourth-order valence-electron chi connectivity index (χ4n) is 3.38. The molecule has 2 aromatic carbocycles. The lowest BCUT2D eigenvalue weighted by atomic mass is 9.91. The van der Waals surface area contributed by atoms with Crippen LogP contribution in [0.2, 0.25) is 0 Å². The van der Waals surface area contributed by atoms with Crippen molar-refractivity contribution in [2.75, 3.05) is 25.1 Å². The number of imide groups is 1. The van der Waals surface area contributed by atoms with Gasteiger partial charge in [-0.1, -0.05) is 12.1 Å². The van der Waals surface area contributed by atoms with Crippen molar-refractivity contribution in [3.05, 3.63) is 53.6 Å². The zero-order valence-electron chi connectivity index (χ0n) is 16.1. The highest BCUT2D eigenvalue weighted by Gasteiger charge is 2.49. The molecule has 1 saturated heterocycles. The lowest BCUT2D eigenvalue weighted by molar-refractivity contribution is -0.133. The van der Waals surface area contributed by atoms with Gasteiger partial charge in [-0.3, -0.25) is 14.5 Å². The van der Waals surface area contributed by atoms with Crippen LogP contribution in [0.25, 0.3) is 0 Å². The number of benzene rings is 2. The number of anilines is 1. The van der Waals surface area contributed by atoms with Gasteiger partial charge in [0.1, 0.15) is 25.3 Å². The third-order valence-corrected chi connectivity index (χ3v) is 4.99. The van der Waals surface area contributed by atoms with Gasteiger partial charge in [-0.25, -0.2) is 4.79 Å². The topological polar surface area (TPSA) is 121 Å². The first-order valence-corrected chi connectivity index (χ1v) is 9.25. The van der Waals surface area contributed by atoms with Gasteiger partial charge in [0.15, 0.2) is 11.5 Å². The Morgan fingerprint density at radius 2 is 1.87 bits per heavy atom. The van der Waals surface area contributed by atoms with Crippen LogP contribution in [0.5, 0.6) is 11.5 Å². The molecule has 0 spiro atoms. The first-order valence-electron chi connectivity index (χ1n) is 9.25. The molecule has 0 aromatic heterocycles. The molecule has 9 heteroatoms. The summed E-state index contributed by atoms with van der Waals surface area (Å²) in [5.74, 6) is 0.0303. The van der Waals surface area contributed by atoms with Crippen molar-refractivity contribution in [3.8, 4) is 17.6 Å². The van der Waals surface area contributed by atoms with Crippen LogP contribution in [-0.4, -0.2) is 42.5 Å². The molecule has 2 aliphatic heterocycles. The molecule has 1 atom stereocenters. The van der Waals surface area contributed by atoms with E-state index in [1.165, 1.54) is 0 Å². The number of amides is 4. The SMILES string of the molecule is CC1(c2ccc(C#N)cc2)NC(=O)N(CC(=O)Nc2ccc3c(c2)OCCO3)C1=O. The molecule has 1 unspecified atom stereocenters. The normalized spacial score (nSPS) is 19.8. The summed E-state index contributed by atoms with van der Waals surface area (Å²) in [6.07, 6.45) is 0. The smallest absolute Gasteiger partial charge is 0.325 e. The minimum atomic E-state index is -1.32. The maximum absolute atomic E-state index is 12.9. The minimum absolute atomic E-state index is 0.417. The summed E-state index contributed by atoms with van der Waals surface area (Å²) in [7, 11) is 0. The van der Waals surface area contributed by atoms with Gasteiger partial charge >= 0.3 is 6.03 Å². The summed E-state index contributed by atoms with van der Waals surface area (Å²) in [5.41, 5.74) is 0.109. The number of carbonyl (C=O) groups excluding carboxylic acids is 3. The molecule has 2 N–H and O–H groups in total. The van der Waals surface area contributed by atoms with E-state index in [2.05, 4.69) is 10.6 Å². The van der Waals surface area contributed by atoms with Crippen LogP contribution in [-0.2, 0) is 15.1 Å². The van der Waals surface area contributed by atoms with E-state index in [1.807, 2.05) is 6.07 Å². The second-order valence-corrected chi connectivity index (χ2v) is 7.04. The molecule has 4 rings (SSSR count). The number of nitrogens with one attached hydrogen (secondary N) is 2. The van der Waals surface area contributed by atoms with E-state index in [1.54, 1.807) is 49.4 Å². The molecule has 4 amide bonds. The van der Waals surface area contributed by atoms with Crippen molar-refractivity contribution in [2.24, 2.45) is 0 Å². The minimum Gasteiger partial charge on any atom is -0.486 e. The van der Waals surface area contributed by atoms with Crippen molar-refractivity contribution in [2.45, 2.75) is 12.5 Å². The second-order valence-electron chi connectivity index (χ2n) is 7.04. The summed E-state index contributed by atoms with van der Waals surface area (Å²) in [6.45, 7) is 2.00. The summed E-state index contributed by atoms with van der Waals surface area (Å²) in [5, 5.41) is 14.2. The van der Waals surface area contributed by atoms with E-state index >= 15 is 0 Å². The molecular weight excluding hydrogens is 388 g/mol. The fraction of sp³-hybridized carbons (Fsp3) is 0.238. The van der Waals surface area contributed by atoms with Gasteiger partial charge in [-0.05, 0) is 36.8 Å². The third-order valence-electron chi connectivity index (χ3n) is 4.99. The van der Waals surface area contributed by atoms with Crippen molar-refractivity contribution < 1.29 is 23.9 Å². The zero-order valence-corrected chi connectivity index (χ0v) is 16.1. The van der Waals surface area contributed by atoms with Gasteiger partial charge in [0.25, 0.3) is 5.91 Å². The van der Waals surface area contributed by atoms with Crippen molar-refractivity contribution in [1.82, 2.24) is 10.2 Å². The Labute approximate surface area is 172 Å². The lowest BCUT2D eigenvalue weighted by Gasteiger charge is -2.22. The Morgan fingerprint density at radius 1 is 1.17 bits per heavy atom. The lowest BCUT2D eigenvalue weighted by Crippen LogP contribution is -2.42. The molecule has 152 valence electrons. The van der Waals surface area contributed by atoms with E-state index in [0.717, 1.165) is 4.90 Å². The maximum atomic E-state index is 12.9. The van der Waals surface area contributed by atoms with Crippen LogP contribution in [0, 0.1) is 11.3 Å². The van der Waals surface area contributed by atoms with Gasteiger partial charge in [0, 0.05) is 11.8 Å². The number of nitriles is 1. The Kier molecular flexibility index (Phi) is 4.75. The highest BCUT2D eigenvalue weighted by molar-refractivity contribution is 6.10. The summed E-state index contributed by atoms with van der Waals surface area (Å²) in [6, 6.07) is 12.6. The first kappa shape index (κ1) is 19.3. The fourth-order valence-corrected chi connectivity index (χ4v) is 3.38. The van der Waals surface area contributed by atoms with E-state index < -0.39 is 29.9 Å². The maximum Gasteiger partial charge on any atom is 0.325 e. The summed E-state index contributed by atoms with van der Waals surface area (Å²) < 4.78 is 10.9. The molecule has 0 aliphatic carbocycles. The monoisotopic (exact) mass is 406 g/mol. The van der Waals surface area contributed by atoms with E-state index in [4.69, 9.17) is 14.7 Å². The predicted octanol–water partition coefficient (Wildman–Crippen LogP) is 1.74. The van der Waals surface area contributed by atoms with Crippen LogP contribution in [0.4, 0.5) is 10.5 Å². The number of carbonyl (C=O) groups is 3. The second kappa shape index (κ2) is 7.40. The highest BCUT2D eigenvalue weighted by atomic mass is 16.6. The van der Waals surface area contributed by atoms with Crippen molar-refractivity contribution in [3.63, 3.8) is 0 Å². The van der Waals surface area contributed by atoms with Crippen LogP contribution >= 0.6 is 0 Å². The van der Waals surface area contributed by atoms with E-state index in [9.17, 15) is 14.4 Å². The standard InChI is InChI=1S/C21H18N4O5/c1-21(14-4-2-13(11-22)3-5-14)19(27)25(20(28)24-21)12-18(26)23-15-6-7-16-17(10-15)30-9-8-29-16/h2-7,10H,8-9,12H2,1H3,(H,23,26)(H,24,28). The molecule has 1 fully saturated rings. The highest BCUT2D eigenvalue weighted by Crippen LogP contribution is 2.33. The van der Waals surface area contributed by atoms with Crippen LogP contribution in [0.1, 0.15) is 18.1 Å². The molecule has 2 heterocycles.